The van der Waals surface area contributed by atoms with Gasteiger partial charge in [0.15, 0.2) is 0 Å². The number of furan rings is 1. The van der Waals surface area contributed by atoms with Gasteiger partial charge in [-0.25, -0.2) is 0 Å². The van der Waals surface area contributed by atoms with Gasteiger partial charge >= 0.3 is 0 Å². The van der Waals surface area contributed by atoms with Gasteiger partial charge in [-0.05, 0) is 23.6 Å². The van der Waals surface area contributed by atoms with Crippen molar-refractivity contribution in [3.8, 4) is 6.07 Å². The first kappa shape index (κ1) is 12.0. The van der Waals surface area contributed by atoms with Crippen LogP contribution in [0.1, 0.15) is 10.6 Å². The van der Waals surface area contributed by atoms with Gasteiger partial charge in [0.25, 0.3) is 0 Å². The second kappa shape index (κ2) is 4.93. The Kier molecular flexibility index (Phi) is 3.12. The molecule has 3 aromatic rings. The van der Waals surface area contributed by atoms with E-state index in [1.807, 2.05) is 47.8 Å². The minimum Gasteiger partial charge on any atom is -0.455 e. The molecule has 0 saturated heterocycles. The molecule has 0 N–H and O–H groups in total. The summed E-state index contributed by atoms with van der Waals surface area (Å²) in [6, 6.07) is 15.4. The average molecular weight is 286 g/mol. The number of para-hydroxylation sites is 1. The Balaban J connectivity index is 2.17. The van der Waals surface area contributed by atoms with E-state index in [4.69, 9.17) is 16.0 Å². The van der Waals surface area contributed by atoms with Crippen molar-refractivity contribution < 1.29 is 4.42 Å². The Hall–Kier alpha value is -2.02. The van der Waals surface area contributed by atoms with Gasteiger partial charge in [-0.15, -0.1) is 11.3 Å². The van der Waals surface area contributed by atoms with E-state index in [0.29, 0.717) is 16.4 Å². The molecular weight excluding hydrogens is 278 g/mol. The van der Waals surface area contributed by atoms with Crippen LogP contribution >= 0.6 is 22.9 Å². The maximum atomic E-state index is 9.28. The van der Waals surface area contributed by atoms with Crippen molar-refractivity contribution in [2.75, 3.05) is 0 Å². The van der Waals surface area contributed by atoms with Crippen LogP contribution in [0.15, 0.2) is 52.3 Å². The topological polar surface area (TPSA) is 36.9 Å². The van der Waals surface area contributed by atoms with Gasteiger partial charge in [0.1, 0.15) is 22.4 Å². The zero-order chi connectivity index (χ0) is 13.2. The van der Waals surface area contributed by atoms with E-state index in [2.05, 4.69) is 6.07 Å². The van der Waals surface area contributed by atoms with Crippen molar-refractivity contribution in [3.63, 3.8) is 0 Å². The highest BCUT2D eigenvalue weighted by molar-refractivity contribution is 7.11. The van der Waals surface area contributed by atoms with E-state index in [-0.39, 0.29) is 0 Å². The molecule has 2 aromatic heterocycles. The van der Waals surface area contributed by atoms with E-state index in [0.717, 1.165) is 15.8 Å². The highest BCUT2D eigenvalue weighted by Crippen LogP contribution is 2.34. The Morgan fingerprint density at radius 1 is 1.21 bits per heavy atom. The van der Waals surface area contributed by atoms with Gasteiger partial charge in [0.2, 0.25) is 0 Å². The molecule has 19 heavy (non-hydrogen) atoms. The lowest BCUT2D eigenvalue weighted by Crippen LogP contribution is -1.80. The Labute approximate surface area is 119 Å². The van der Waals surface area contributed by atoms with Crippen molar-refractivity contribution in [2.45, 2.75) is 0 Å². The summed E-state index contributed by atoms with van der Waals surface area (Å²) in [7, 11) is 0. The number of hydrogen-bond acceptors (Lipinski definition) is 3. The summed E-state index contributed by atoms with van der Waals surface area (Å²) in [5.74, 6) is 0.521. The minimum absolute atomic E-state index is 0.348. The van der Waals surface area contributed by atoms with Crippen LogP contribution in [-0.4, -0.2) is 0 Å². The molecule has 0 spiro atoms. The molecule has 0 radical (unpaired) electrons. The third kappa shape index (κ3) is 2.17. The SMILES string of the molecule is N#CC(=C(Cl)c1cc2ccccc2o1)c1cccs1. The number of rotatable bonds is 2. The highest BCUT2D eigenvalue weighted by atomic mass is 35.5. The molecule has 1 aromatic carbocycles. The smallest absolute Gasteiger partial charge is 0.148 e. The zero-order valence-electron chi connectivity index (χ0n) is 9.76. The van der Waals surface area contributed by atoms with Gasteiger partial charge in [0.05, 0.1) is 5.57 Å². The third-order valence-electron chi connectivity index (χ3n) is 2.74. The standard InChI is InChI=1S/C15H8ClNOS/c16-15(11(9-17)14-6-3-7-19-14)13-8-10-4-1-2-5-12(10)18-13/h1-8H. The molecule has 2 heterocycles. The average Bonchev–Trinajstić information content (AvgIpc) is 3.08. The summed E-state index contributed by atoms with van der Waals surface area (Å²) >= 11 is 7.78. The lowest BCUT2D eigenvalue weighted by molar-refractivity contribution is 0.603. The second-order valence-corrected chi connectivity index (χ2v) is 5.25. The fraction of sp³-hybridized carbons (Fsp3) is 0. The number of nitrogens with zero attached hydrogens (tertiary/aromatic N) is 1. The van der Waals surface area contributed by atoms with Crippen molar-refractivity contribution in [2.24, 2.45) is 0 Å². The van der Waals surface area contributed by atoms with Gasteiger partial charge in [-0.3, -0.25) is 0 Å². The predicted molar refractivity (Wildman–Crippen MR) is 78.8 cm³/mol. The van der Waals surface area contributed by atoms with E-state index in [9.17, 15) is 5.26 Å². The molecule has 0 amide bonds. The van der Waals surface area contributed by atoms with Gasteiger partial charge in [0, 0.05) is 10.3 Å². The summed E-state index contributed by atoms with van der Waals surface area (Å²) < 4.78 is 5.67. The van der Waals surface area contributed by atoms with Gasteiger partial charge < -0.3 is 4.42 Å². The summed E-state index contributed by atoms with van der Waals surface area (Å²) in [4.78, 5) is 0.841. The number of halogens is 1. The van der Waals surface area contributed by atoms with Crippen LogP contribution in [0, 0.1) is 11.3 Å². The van der Waals surface area contributed by atoms with Crippen LogP contribution in [0.3, 0.4) is 0 Å². The zero-order valence-corrected chi connectivity index (χ0v) is 11.3. The largest absolute Gasteiger partial charge is 0.455 e. The molecule has 2 nitrogen and oxygen atoms in total. The van der Waals surface area contributed by atoms with Gasteiger partial charge in [-0.2, -0.15) is 5.26 Å². The summed E-state index contributed by atoms with van der Waals surface area (Å²) in [5.41, 5.74) is 1.20. The van der Waals surface area contributed by atoms with Crippen molar-refractivity contribution >= 4 is 44.5 Å². The number of thiophene rings is 1. The number of nitriles is 1. The number of benzene rings is 1. The van der Waals surface area contributed by atoms with Crippen molar-refractivity contribution in [1.82, 2.24) is 0 Å². The first-order valence-electron chi connectivity index (χ1n) is 5.62. The first-order chi connectivity index (χ1) is 9.29. The van der Waals surface area contributed by atoms with E-state index >= 15 is 0 Å². The molecule has 0 saturated carbocycles. The molecule has 0 atom stereocenters. The quantitative estimate of drug-likeness (QED) is 0.612. The van der Waals surface area contributed by atoms with Crippen LogP contribution in [0.25, 0.3) is 21.6 Å². The molecule has 4 heteroatoms. The maximum Gasteiger partial charge on any atom is 0.148 e. The maximum absolute atomic E-state index is 9.28. The minimum atomic E-state index is 0.348. The molecule has 0 aliphatic rings. The predicted octanol–water partition coefficient (Wildman–Crippen LogP) is 5.12. The number of hydrogen-bond donors (Lipinski definition) is 0. The van der Waals surface area contributed by atoms with Crippen LogP contribution in [-0.2, 0) is 0 Å². The van der Waals surface area contributed by atoms with Gasteiger partial charge in [-0.1, -0.05) is 35.9 Å². The molecule has 0 bridgehead atoms. The molecule has 0 aliphatic heterocycles. The molecule has 92 valence electrons. The third-order valence-corrected chi connectivity index (χ3v) is 4.00. The van der Waals surface area contributed by atoms with Crippen LogP contribution in [0.2, 0.25) is 0 Å². The lowest BCUT2D eigenvalue weighted by Gasteiger charge is -1.97. The fourth-order valence-electron chi connectivity index (χ4n) is 1.85. The van der Waals surface area contributed by atoms with E-state index in [1.54, 1.807) is 0 Å². The molecule has 0 aliphatic carbocycles. The van der Waals surface area contributed by atoms with Crippen molar-refractivity contribution in [1.29, 1.82) is 5.26 Å². The number of allylic oxidation sites excluding steroid dienone is 1. The Morgan fingerprint density at radius 2 is 2.05 bits per heavy atom. The van der Waals surface area contributed by atoms with E-state index in [1.165, 1.54) is 11.3 Å². The molecule has 3 rings (SSSR count). The summed E-state index contributed by atoms with van der Waals surface area (Å²) in [6.07, 6.45) is 0. The van der Waals surface area contributed by atoms with Crippen molar-refractivity contribution in [3.05, 3.63) is 58.5 Å². The normalized spacial score (nSPS) is 12.2. The van der Waals surface area contributed by atoms with E-state index < -0.39 is 0 Å². The van der Waals surface area contributed by atoms with Crippen LogP contribution in [0.5, 0.6) is 0 Å². The number of fused-ring (bicyclic) bond motifs is 1. The second-order valence-electron chi connectivity index (χ2n) is 3.93. The molecular formula is C15H8ClNOS. The Bertz CT molecular complexity index is 760. The summed E-state index contributed by atoms with van der Waals surface area (Å²) in [6.45, 7) is 0. The molecule has 0 fully saturated rings. The Morgan fingerprint density at radius 3 is 2.74 bits per heavy atom. The van der Waals surface area contributed by atoms with Crippen LogP contribution < -0.4 is 0 Å². The fourth-order valence-corrected chi connectivity index (χ4v) is 2.87. The first-order valence-corrected chi connectivity index (χ1v) is 6.88. The van der Waals surface area contributed by atoms with Crippen LogP contribution in [0.4, 0.5) is 0 Å². The lowest BCUT2D eigenvalue weighted by atomic mass is 10.2. The monoisotopic (exact) mass is 285 g/mol. The summed E-state index contributed by atoms with van der Waals surface area (Å²) in [5, 5.41) is 12.5. The highest BCUT2D eigenvalue weighted by Gasteiger charge is 2.14. The molecule has 0 unspecified atom stereocenters.